The lowest BCUT2D eigenvalue weighted by Gasteiger charge is -2.43. The van der Waals surface area contributed by atoms with Gasteiger partial charge in [-0.2, -0.15) is 0 Å². The summed E-state index contributed by atoms with van der Waals surface area (Å²) in [4.78, 5) is 0. The molecule has 0 saturated heterocycles. The normalized spacial score (nSPS) is 23.3. The van der Waals surface area contributed by atoms with Crippen molar-refractivity contribution in [3.05, 3.63) is 52.6 Å². The summed E-state index contributed by atoms with van der Waals surface area (Å²) < 4.78 is 0. The minimum Gasteiger partial charge on any atom is -0.507 e. The standard InChI is InChI=1S/C23H30O3/c1-14(2)17-7-9-23(10-8-17,18-5-6-20(24)21(25)13-18)19-11-15(3)22(26)16(4)12-19/h5-6,11-14,17,24-26H,7-10H2,1-4H3. The summed E-state index contributed by atoms with van der Waals surface area (Å²) in [6.45, 7) is 8.46. The minimum absolute atomic E-state index is 0.0694. The molecule has 0 aromatic heterocycles. The number of phenols is 3. The Morgan fingerprint density at radius 2 is 1.42 bits per heavy atom. The predicted octanol–water partition coefficient (Wildman–Crippen LogP) is 5.55. The van der Waals surface area contributed by atoms with Crippen LogP contribution >= 0.6 is 0 Å². The van der Waals surface area contributed by atoms with Gasteiger partial charge in [0.15, 0.2) is 11.5 Å². The second-order valence-corrected chi connectivity index (χ2v) is 8.33. The van der Waals surface area contributed by atoms with E-state index >= 15 is 0 Å². The van der Waals surface area contributed by atoms with Crippen LogP contribution in [-0.2, 0) is 5.41 Å². The number of hydrogen-bond donors (Lipinski definition) is 3. The first kappa shape index (κ1) is 18.6. The SMILES string of the molecule is Cc1cc(C2(c3ccc(O)c(O)c3)CCC(C(C)C)CC2)cc(C)c1O. The molecule has 2 aromatic rings. The quantitative estimate of drug-likeness (QED) is 0.633. The van der Waals surface area contributed by atoms with E-state index in [0.29, 0.717) is 17.6 Å². The fourth-order valence-electron chi connectivity index (χ4n) is 4.60. The first-order valence-corrected chi connectivity index (χ1v) is 9.58. The lowest BCUT2D eigenvalue weighted by Crippen LogP contribution is -2.34. The van der Waals surface area contributed by atoms with Gasteiger partial charge in [-0.05, 0) is 85.8 Å². The molecule has 3 N–H and O–H groups in total. The Hall–Kier alpha value is -2.16. The van der Waals surface area contributed by atoms with Crippen LogP contribution < -0.4 is 0 Å². The molecular weight excluding hydrogens is 324 g/mol. The van der Waals surface area contributed by atoms with Gasteiger partial charge in [-0.3, -0.25) is 0 Å². The monoisotopic (exact) mass is 354 g/mol. The zero-order chi connectivity index (χ0) is 19.1. The Balaban J connectivity index is 2.12. The van der Waals surface area contributed by atoms with Crippen molar-refractivity contribution < 1.29 is 15.3 Å². The van der Waals surface area contributed by atoms with Gasteiger partial charge in [0.2, 0.25) is 0 Å². The Kier molecular flexibility index (Phi) is 4.92. The van der Waals surface area contributed by atoms with Crippen molar-refractivity contribution in [3.63, 3.8) is 0 Å². The third kappa shape index (κ3) is 3.15. The molecule has 0 heterocycles. The van der Waals surface area contributed by atoms with Gasteiger partial charge in [0.1, 0.15) is 5.75 Å². The van der Waals surface area contributed by atoms with Gasteiger partial charge in [0.25, 0.3) is 0 Å². The maximum Gasteiger partial charge on any atom is 0.157 e. The van der Waals surface area contributed by atoms with Crippen LogP contribution in [0, 0.1) is 25.7 Å². The van der Waals surface area contributed by atoms with E-state index in [1.165, 1.54) is 5.56 Å². The third-order valence-corrected chi connectivity index (χ3v) is 6.40. The molecule has 26 heavy (non-hydrogen) atoms. The molecule has 3 heteroatoms. The fourth-order valence-corrected chi connectivity index (χ4v) is 4.60. The number of hydrogen-bond acceptors (Lipinski definition) is 3. The van der Waals surface area contributed by atoms with Gasteiger partial charge in [0, 0.05) is 5.41 Å². The van der Waals surface area contributed by atoms with Gasteiger partial charge in [-0.1, -0.05) is 32.0 Å². The average molecular weight is 354 g/mol. The molecule has 2 aromatic carbocycles. The molecule has 0 atom stereocenters. The number of aromatic hydroxyl groups is 3. The van der Waals surface area contributed by atoms with E-state index in [1.54, 1.807) is 12.1 Å². The van der Waals surface area contributed by atoms with Crippen LogP contribution in [0.25, 0.3) is 0 Å². The van der Waals surface area contributed by atoms with E-state index < -0.39 is 0 Å². The highest BCUT2D eigenvalue weighted by atomic mass is 16.3. The number of rotatable bonds is 3. The third-order valence-electron chi connectivity index (χ3n) is 6.40. The Bertz CT molecular complexity index is 776. The molecule has 0 aliphatic heterocycles. The lowest BCUT2D eigenvalue weighted by molar-refractivity contribution is 0.217. The van der Waals surface area contributed by atoms with E-state index in [-0.39, 0.29) is 16.9 Å². The number of phenolic OH excluding ortho intramolecular Hbond substituents is 3. The van der Waals surface area contributed by atoms with Gasteiger partial charge < -0.3 is 15.3 Å². The summed E-state index contributed by atoms with van der Waals surface area (Å²) in [5, 5.41) is 30.1. The van der Waals surface area contributed by atoms with Crippen LogP contribution in [-0.4, -0.2) is 15.3 Å². The fraction of sp³-hybridized carbons (Fsp3) is 0.478. The van der Waals surface area contributed by atoms with Gasteiger partial charge in [0.05, 0.1) is 0 Å². The zero-order valence-corrected chi connectivity index (χ0v) is 16.2. The zero-order valence-electron chi connectivity index (χ0n) is 16.2. The molecule has 1 aliphatic rings. The van der Waals surface area contributed by atoms with Crippen molar-refractivity contribution in [1.82, 2.24) is 0 Å². The van der Waals surface area contributed by atoms with E-state index in [4.69, 9.17) is 0 Å². The number of benzene rings is 2. The van der Waals surface area contributed by atoms with Crippen molar-refractivity contribution in [1.29, 1.82) is 0 Å². The minimum atomic E-state index is -0.195. The van der Waals surface area contributed by atoms with Crippen molar-refractivity contribution >= 4 is 0 Å². The van der Waals surface area contributed by atoms with Crippen LogP contribution in [0.15, 0.2) is 30.3 Å². The highest BCUT2D eigenvalue weighted by Gasteiger charge is 2.39. The number of aryl methyl sites for hydroxylation is 2. The molecule has 3 rings (SSSR count). The van der Waals surface area contributed by atoms with Crippen molar-refractivity contribution in [2.45, 2.75) is 58.8 Å². The molecular formula is C23H30O3. The molecule has 0 radical (unpaired) electrons. The van der Waals surface area contributed by atoms with Gasteiger partial charge in [-0.15, -0.1) is 0 Å². The highest BCUT2D eigenvalue weighted by Crippen LogP contribution is 2.50. The van der Waals surface area contributed by atoms with Gasteiger partial charge >= 0.3 is 0 Å². The van der Waals surface area contributed by atoms with Crippen molar-refractivity contribution in [3.8, 4) is 17.2 Å². The highest BCUT2D eigenvalue weighted by molar-refractivity contribution is 5.51. The largest absolute Gasteiger partial charge is 0.507 e. The van der Waals surface area contributed by atoms with Crippen LogP contribution in [0.5, 0.6) is 17.2 Å². The topological polar surface area (TPSA) is 60.7 Å². The second kappa shape index (κ2) is 6.86. The molecule has 140 valence electrons. The molecule has 0 bridgehead atoms. The molecule has 1 aliphatic carbocycles. The Morgan fingerprint density at radius 3 is 1.92 bits per heavy atom. The van der Waals surface area contributed by atoms with Crippen LogP contribution in [0.3, 0.4) is 0 Å². The molecule has 0 spiro atoms. The first-order chi connectivity index (χ1) is 12.2. The molecule has 0 amide bonds. The molecule has 1 saturated carbocycles. The average Bonchev–Trinajstić information content (AvgIpc) is 2.61. The summed E-state index contributed by atoms with van der Waals surface area (Å²) in [7, 11) is 0. The lowest BCUT2D eigenvalue weighted by atomic mass is 9.61. The summed E-state index contributed by atoms with van der Waals surface area (Å²) in [5.41, 5.74) is 3.80. The molecule has 0 unspecified atom stereocenters. The predicted molar refractivity (Wildman–Crippen MR) is 105 cm³/mol. The first-order valence-electron chi connectivity index (χ1n) is 9.58. The van der Waals surface area contributed by atoms with E-state index in [9.17, 15) is 15.3 Å². The van der Waals surface area contributed by atoms with Crippen LogP contribution in [0.1, 0.15) is 61.8 Å². The maximum atomic E-state index is 10.2. The van der Waals surface area contributed by atoms with E-state index in [2.05, 4.69) is 26.0 Å². The smallest absolute Gasteiger partial charge is 0.157 e. The summed E-state index contributed by atoms with van der Waals surface area (Å²) in [5.74, 6) is 1.59. The van der Waals surface area contributed by atoms with Crippen LogP contribution in [0.2, 0.25) is 0 Å². The van der Waals surface area contributed by atoms with Crippen molar-refractivity contribution in [2.75, 3.05) is 0 Å². The Labute approximate surface area is 156 Å². The Morgan fingerprint density at radius 1 is 0.846 bits per heavy atom. The summed E-state index contributed by atoms with van der Waals surface area (Å²) in [6.07, 6.45) is 4.28. The summed E-state index contributed by atoms with van der Waals surface area (Å²) in [6, 6.07) is 9.40. The van der Waals surface area contributed by atoms with Crippen LogP contribution in [0.4, 0.5) is 0 Å². The van der Waals surface area contributed by atoms with Gasteiger partial charge in [-0.25, -0.2) is 0 Å². The van der Waals surface area contributed by atoms with E-state index in [1.807, 2.05) is 19.9 Å². The summed E-state index contributed by atoms with van der Waals surface area (Å²) >= 11 is 0. The van der Waals surface area contributed by atoms with Crippen molar-refractivity contribution in [2.24, 2.45) is 11.8 Å². The second-order valence-electron chi connectivity index (χ2n) is 8.33. The molecule has 3 nitrogen and oxygen atoms in total. The maximum absolute atomic E-state index is 10.2. The molecule has 1 fully saturated rings. The van der Waals surface area contributed by atoms with E-state index in [0.717, 1.165) is 42.4 Å².